The van der Waals surface area contributed by atoms with E-state index in [4.69, 9.17) is 0 Å². The lowest BCUT2D eigenvalue weighted by Crippen LogP contribution is -2.11. The molecule has 8 heteroatoms. The van der Waals surface area contributed by atoms with Crippen molar-refractivity contribution < 1.29 is 36.6 Å². The summed E-state index contributed by atoms with van der Waals surface area (Å²) < 4.78 is 78.8. The second-order valence-corrected chi connectivity index (χ2v) is 9.10. The zero-order valence-electron chi connectivity index (χ0n) is 21.1. The van der Waals surface area contributed by atoms with E-state index in [1.54, 1.807) is 12.1 Å². The van der Waals surface area contributed by atoms with E-state index in [0.29, 0.717) is 11.1 Å². The van der Waals surface area contributed by atoms with Crippen molar-refractivity contribution in [3.05, 3.63) is 106 Å². The van der Waals surface area contributed by atoms with Crippen LogP contribution in [0.2, 0.25) is 0 Å². The Morgan fingerprint density at radius 1 is 0.474 bits per heavy atom. The summed E-state index contributed by atoms with van der Waals surface area (Å²) in [6.45, 7) is 6.62. The Labute approximate surface area is 216 Å². The summed E-state index contributed by atoms with van der Waals surface area (Å²) in [5.41, 5.74) is 1.09. The maximum absolute atomic E-state index is 13.1. The van der Waals surface area contributed by atoms with Crippen molar-refractivity contribution in [2.75, 3.05) is 0 Å². The van der Waals surface area contributed by atoms with Crippen LogP contribution in [0, 0.1) is 27.7 Å². The fourth-order valence-corrected chi connectivity index (χ4v) is 3.83. The van der Waals surface area contributed by atoms with Gasteiger partial charge in [-0.2, -0.15) is 26.3 Å². The van der Waals surface area contributed by atoms with Crippen molar-refractivity contribution in [1.82, 2.24) is 0 Å². The van der Waals surface area contributed by atoms with E-state index >= 15 is 0 Å². The lowest BCUT2D eigenvalue weighted by molar-refractivity contribution is -0.139. The first-order valence-electron chi connectivity index (χ1n) is 11.5. The van der Waals surface area contributed by atoms with Gasteiger partial charge >= 0.3 is 12.4 Å². The van der Waals surface area contributed by atoms with Crippen LogP contribution in [0.5, 0.6) is 11.5 Å². The minimum atomic E-state index is -4.73. The summed E-state index contributed by atoms with van der Waals surface area (Å²) >= 11 is 0. The lowest BCUT2D eigenvalue weighted by atomic mass is 9.92. The third kappa shape index (κ3) is 6.68. The lowest BCUT2D eigenvalue weighted by Gasteiger charge is -2.18. The summed E-state index contributed by atoms with van der Waals surface area (Å²) in [6, 6.07) is 17.6. The van der Waals surface area contributed by atoms with E-state index in [1.807, 2.05) is 38.1 Å². The molecule has 0 spiro atoms. The highest BCUT2D eigenvalue weighted by Crippen LogP contribution is 2.43. The van der Waals surface area contributed by atoms with Crippen LogP contribution < -0.4 is 0 Å². The Morgan fingerprint density at radius 3 is 1.11 bits per heavy atom. The van der Waals surface area contributed by atoms with E-state index in [-0.39, 0.29) is 11.5 Å². The van der Waals surface area contributed by atoms with E-state index in [2.05, 4.69) is 0 Å². The molecule has 0 aliphatic rings. The second kappa shape index (κ2) is 10.8. The summed E-state index contributed by atoms with van der Waals surface area (Å²) in [5, 5.41) is 19.2. The average Bonchev–Trinajstić information content (AvgIpc) is 2.82. The molecule has 2 nitrogen and oxygen atoms in total. The molecule has 0 aliphatic heterocycles. The van der Waals surface area contributed by atoms with E-state index < -0.39 is 34.6 Å². The molecule has 0 fully saturated rings. The minimum absolute atomic E-state index is 0.276. The molecule has 4 aromatic carbocycles. The molecule has 4 aromatic rings. The highest BCUT2D eigenvalue weighted by Gasteiger charge is 2.38. The van der Waals surface area contributed by atoms with Gasteiger partial charge in [0, 0.05) is 0 Å². The van der Waals surface area contributed by atoms with Crippen LogP contribution in [-0.4, -0.2) is 10.2 Å². The summed E-state index contributed by atoms with van der Waals surface area (Å²) in [4.78, 5) is 0. The number of hydrogen-bond acceptors (Lipinski definition) is 2. The number of rotatable bonds is 2. The second-order valence-electron chi connectivity index (χ2n) is 9.10. The Morgan fingerprint density at radius 2 is 0.816 bits per heavy atom. The zero-order chi connectivity index (χ0) is 28.4. The van der Waals surface area contributed by atoms with Gasteiger partial charge in [0.15, 0.2) is 0 Å². The van der Waals surface area contributed by atoms with Crippen molar-refractivity contribution >= 4 is 0 Å². The van der Waals surface area contributed by atoms with Crippen LogP contribution in [0.4, 0.5) is 26.3 Å². The topological polar surface area (TPSA) is 40.5 Å². The standard InChI is InChI=1S/C16H12F6.C14H14O2/c1-9-3-5-11(13(7-9)15(17,18)19)12-6-4-10(2)8-14(12)16(20,21)22;1-9-3-5-11(7-13(9)15)12-6-4-10(2)14(16)8-12/h3-8H,1-2H3;3-8,15-16H,1-2H3. The molecular weight excluding hydrogens is 506 g/mol. The van der Waals surface area contributed by atoms with Crippen molar-refractivity contribution in [2.24, 2.45) is 0 Å². The fourth-order valence-electron chi connectivity index (χ4n) is 3.83. The molecule has 0 amide bonds. The molecule has 0 heterocycles. The van der Waals surface area contributed by atoms with Crippen LogP contribution >= 0.6 is 0 Å². The normalized spacial score (nSPS) is 11.6. The van der Waals surface area contributed by atoms with Gasteiger partial charge in [0.2, 0.25) is 0 Å². The van der Waals surface area contributed by atoms with E-state index in [9.17, 15) is 36.6 Å². The number of hydrogen-bond donors (Lipinski definition) is 2. The predicted octanol–water partition coefficient (Wildman–Crippen LogP) is 9.39. The van der Waals surface area contributed by atoms with Gasteiger partial charge in [-0.25, -0.2) is 0 Å². The highest BCUT2D eigenvalue weighted by molar-refractivity contribution is 5.73. The molecule has 0 radical (unpaired) electrons. The molecule has 0 saturated carbocycles. The first kappa shape index (κ1) is 28.6. The van der Waals surface area contributed by atoms with Crippen LogP contribution in [-0.2, 0) is 12.4 Å². The SMILES string of the molecule is Cc1ccc(-c2ccc(C)c(O)c2)cc1O.Cc1ccc(-c2ccc(C)cc2C(F)(F)F)c(C(F)(F)F)c1. The summed E-state index contributed by atoms with van der Waals surface area (Å²) in [7, 11) is 0. The molecule has 0 bridgehead atoms. The van der Waals surface area contributed by atoms with Crippen LogP contribution in [0.3, 0.4) is 0 Å². The van der Waals surface area contributed by atoms with E-state index in [0.717, 1.165) is 46.5 Å². The Hall–Kier alpha value is -3.94. The largest absolute Gasteiger partial charge is 0.508 e. The molecule has 38 heavy (non-hydrogen) atoms. The Kier molecular flexibility index (Phi) is 8.15. The third-order valence-electron chi connectivity index (χ3n) is 6.00. The van der Waals surface area contributed by atoms with Gasteiger partial charge in [-0.3, -0.25) is 0 Å². The number of halogens is 6. The Bertz CT molecular complexity index is 1340. The average molecular weight is 533 g/mol. The van der Waals surface area contributed by atoms with Gasteiger partial charge in [-0.05, 0) is 85.3 Å². The van der Waals surface area contributed by atoms with Crippen molar-refractivity contribution in [3.63, 3.8) is 0 Å². The molecule has 2 N–H and O–H groups in total. The molecular formula is C30H26F6O2. The maximum atomic E-state index is 13.1. The zero-order valence-corrected chi connectivity index (χ0v) is 21.1. The van der Waals surface area contributed by atoms with E-state index in [1.165, 1.54) is 26.0 Å². The van der Waals surface area contributed by atoms with Gasteiger partial charge in [0.1, 0.15) is 11.5 Å². The van der Waals surface area contributed by atoms with Gasteiger partial charge in [-0.15, -0.1) is 0 Å². The molecule has 200 valence electrons. The summed E-state index contributed by atoms with van der Waals surface area (Å²) in [5.74, 6) is 0.551. The predicted molar refractivity (Wildman–Crippen MR) is 136 cm³/mol. The minimum Gasteiger partial charge on any atom is -0.508 e. The number of aryl methyl sites for hydroxylation is 4. The molecule has 0 unspecified atom stereocenters. The maximum Gasteiger partial charge on any atom is 0.417 e. The first-order chi connectivity index (χ1) is 17.6. The number of phenols is 2. The monoisotopic (exact) mass is 532 g/mol. The van der Waals surface area contributed by atoms with Crippen LogP contribution in [0.25, 0.3) is 22.3 Å². The third-order valence-corrected chi connectivity index (χ3v) is 6.00. The molecule has 0 aromatic heterocycles. The highest BCUT2D eigenvalue weighted by atomic mass is 19.4. The number of alkyl halides is 6. The van der Waals surface area contributed by atoms with Gasteiger partial charge < -0.3 is 10.2 Å². The smallest absolute Gasteiger partial charge is 0.417 e. The molecule has 4 rings (SSSR count). The fraction of sp³-hybridized carbons (Fsp3) is 0.200. The number of phenolic OH excluding ortho intramolecular Hbond substituents is 2. The number of aromatic hydroxyl groups is 2. The van der Waals surface area contributed by atoms with Gasteiger partial charge in [-0.1, -0.05) is 59.7 Å². The number of benzene rings is 4. The van der Waals surface area contributed by atoms with Gasteiger partial charge in [0.05, 0.1) is 11.1 Å². The summed E-state index contributed by atoms with van der Waals surface area (Å²) in [6.07, 6.45) is -9.45. The quantitative estimate of drug-likeness (QED) is 0.253. The Balaban J connectivity index is 0.000000221. The molecule has 0 atom stereocenters. The first-order valence-corrected chi connectivity index (χ1v) is 11.5. The van der Waals surface area contributed by atoms with Crippen molar-refractivity contribution in [1.29, 1.82) is 0 Å². The van der Waals surface area contributed by atoms with Gasteiger partial charge in [0.25, 0.3) is 0 Å². The molecule has 0 saturated heterocycles. The van der Waals surface area contributed by atoms with Crippen LogP contribution in [0.15, 0.2) is 72.8 Å². The van der Waals surface area contributed by atoms with Crippen LogP contribution in [0.1, 0.15) is 33.4 Å². The van der Waals surface area contributed by atoms with Crippen molar-refractivity contribution in [2.45, 2.75) is 40.0 Å². The van der Waals surface area contributed by atoms with Crippen molar-refractivity contribution in [3.8, 4) is 33.8 Å². The molecule has 0 aliphatic carbocycles.